The fraction of sp³-hybridized carbons (Fsp3) is 0.375. The smallest absolute Gasteiger partial charge is 0.322 e. The molecular formula is C32H35N5O3. The molecule has 0 unspecified atom stereocenters. The number of methoxy groups -OCH3 is 1. The third kappa shape index (κ3) is 5.18. The lowest BCUT2D eigenvalue weighted by Gasteiger charge is -2.36. The molecule has 3 heterocycles. The minimum absolute atomic E-state index is 0.00302. The lowest BCUT2D eigenvalue weighted by Crippen LogP contribution is -2.44. The van der Waals surface area contributed by atoms with Gasteiger partial charge >= 0.3 is 6.03 Å². The second-order valence-corrected chi connectivity index (χ2v) is 11.0. The highest BCUT2D eigenvalue weighted by atomic mass is 16.5. The van der Waals surface area contributed by atoms with Crippen molar-refractivity contribution < 1.29 is 14.3 Å². The van der Waals surface area contributed by atoms with Crippen LogP contribution in [-0.4, -0.2) is 50.9 Å². The molecular weight excluding hydrogens is 502 g/mol. The van der Waals surface area contributed by atoms with Crippen molar-refractivity contribution in [3.8, 4) is 5.75 Å². The van der Waals surface area contributed by atoms with Crippen LogP contribution in [0.1, 0.15) is 59.4 Å². The highest BCUT2D eigenvalue weighted by Crippen LogP contribution is 2.33. The van der Waals surface area contributed by atoms with E-state index in [0.717, 1.165) is 85.1 Å². The van der Waals surface area contributed by atoms with Crippen LogP contribution in [0.25, 0.3) is 10.9 Å². The van der Waals surface area contributed by atoms with E-state index in [1.807, 2.05) is 71.2 Å². The molecule has 2 aromatic heterocycles. The molecule has 8 heteroatoms. The normalized spacial score (nSPS) is 19.1. The van der Waals surface area contributed by atoms with Crippen molar-refractivity contribution >= 4 is 28.4 Å². The number of nitrogens with one attached hydrogen (secondary N) is 1. The van der Waals surface area contributed by atoms with E-state index in [1.165, 1.54) is 6.33 Å². The lowest BCUT2D eigenvalue weighted by atomic mass is 9.82. The molecule has 0 saturated heterocycles. The van der Waals surface area contributed by atoms with Gasteiger partial charge in [-0.2, -0.15) is 0 Å². The Labute approximate surface area is 234 Å². The summed E-state index contributed by atoms with van der Waals surface area (Å²) in [4.78, 5) is 37.2. The number of carbonyl (C=O) groups is 2. The van der Waals surface area contributed by atoms with Crippen LogP contribution in [0.15, 0.2) is 61.1 Å². The van der Waals surface area contributed by atoms with Crippen LogP contribution in [0.2, 0.25) is 0 Å². The number of benzene rings is 2. The second-order valence-electron chi connectivity index (χ2n) is 11.0. The minimum Gasteiger partial charge on any atom is -0.497 e. The summed E-state index contributed by atoms with van der Waals surface area (Å²) in [7, 11) is 3.62. The molecule has 1 fully saturated rings. The highest BCUT2D eigenvalue weighted by Gasteiger charge is 2.31. The summed E-state index contributed by atoms with van der Waals surface area (Å²) >= 11 is 0. The van der Waals surface area contributed by atoms with E-state index in [0.29, 0.717) is 17.2 Å². The number of fused-ring (bicyclic) bond motifs is 2. The second kappa shape index (κ2) is 11.1. The van der Waals surface area contributed by atoms with Gasteiger partial charge in [-0.15, -0.1) is 0 Å². The first-order chi connectivity index (χ1) is 19.5. The molecule has 2 amide bonds. The molecule has 4 aromatic rings. The first-order valence-corrected chi connectivity index (χ1v) is 14.1. The molecule has 0 bridgehead atoms. The van der Waals surface area contributed by atoms with E-state index < -0.39 is 0 Å². The zero-order valence-electron chi connectivity index (χ0n) is 23.1. The number of hydrogen-bond donors (Lipinski definition) is 1. The number of ether oxygens (including phenoxy) is 1. The zero-order chi connectivity index (χ0) is 27.6. The maximum Gasteiger partial charge on any atom is 0.322 e. The van der Waals surface area contributed by atoms with Crippen LogP contribution in [0, 0.1) is 5.92 Å². The van der Waals surface area contributed by atoms with Gasteiger partial charge in [0, 0.05) is 53.7 Å². The highest BCUT2D eigenvalue weighted by molar-refractivity contribution is 6.15. The number of amides is 2. The first-order valence-electron chi connectivity index (χ1n) is 14.1. The van der Waals surface area contributed by atoms with E-state index in [2.05, 4.69) is 15.3 Å². The number of anilines is 1. The van der Waals surface area contributed by atoms with Crippen LogP contribution in [0.5, 0.6) is 5.75 Å². The van der Waals surface area contributed by atoms with Crippen LogP contribution < -0.4 is 10.1 Å². The number of para-hydroxylation sites is 1. The minimum atomic E-state index is -0.0720. The fourth-order valence-electron chi connectivity index (χ4n) is 6.32. The van der Waals surface area contributed by atoms with Gasteiger partial charge in [0.25, 0.3) is 0 Å². The van der Waals surface area contributed by atoms with E-state index in [9.17, 15) is 9.59 Å². The quantitative estimate of drug-likeness (QED) is 0.302. The monoisotopic (exact) mass is 537 g/mol. The van der Waals surface area contributed by atoms with Gasteiger partial charge in [-0.05, 0) is 86.8 Å². The van der Waals surface area contributed by atoms with Gasteiger partial charge in [-0.1, -0.05) is 18.2 Å². The van der Waals surface area contributed by atoms with Crippen LogP contribution in [-0.2, 0) is 19.9 Å². The third-order valence-electron chi connectivity index (χ3n) is 8.60. The maximum absolute atomic E-state index is 13.3. The van der Waals surface area contributed by atoms with Crippen LogP contribution >= 0.6 is 0 Å². The van der Waals surface area contributed by atoms with Gasteiger partial charge in [0.1, 0.15) is 17.8 Å². The Hall–Kier alpha value is -4.20. The van der Waals surface area contributed by atoms with Crippen molar-refractivity contribution in [1.29, 1.82) is 0 Å². The molecule has 0 spiro atoms. The summed E-state index contributed by atoms with van der Waals surface area (Å²) in [5, 5.41) is 4.04. The number of nitrogens with zero attached hydrogens (tertiary/aromatic N) is 4. The van der Waals surface area contributed by atoms with Gasteiger partial charge in [-0.25, -0.2) is 14.8 Å². The Morgan fingerprint density at radius 3 is 2.73 bits per heavy atom. The predicted octanol–water partition coefficient (Wildman–Crippen LogP) is 5.79. The molecule has 8 nitrogen and oxygen atoms in total. The standard InChI is InChI=1S/C32H35N5O3/c1-36-19-27(26-5-3-4-6-30(26)36)31(38)29-18-23(33-20-34-29)10-7-21-8-11-24(12-9-21)37-16-15-22-17-25(40-2)13-14-28(22)35-32(37)39/h3-6,13-14,17-21,24H,7-12,15-16H2,1-2H3,(H,35,39). The van der Waals surface area contributed by atoms with Crippen LogP contribution in [0.4, 0.5) is 10.5 Å². The molecule has 1 saturated carbocycles. The van der Waals surface area contributed by atoms with Crippen molar-refractivity contribution in [2.75, 3.05) is 19.0 Å². The lowest BCUT2D eigenvalue weighted by molar-refractivity contribution is 0.103. The van der Waals surface area contributed by atoms with Gasteiger partial charge < -0.3 is 19.5 Å². The molecule has 0 atom stereocenters. The molecule has 2 aliphatic rings. The number of rotatable bonds is 7. The SMILES string of the molecule is COc1ccc2c(c1)CCN(C1CCC(CCc3cc(C(=O)c4cn(C)c5ccccc45)ncn3)CC1)C(=O)N2. The number of ketones is 1. The van der Waals surface area contributed by atoms with Crippen molar-refractivity contribution in [3.05, 3.63) is 83.6 Å². The number of hydrogen-bond acceptors (Lipinski definition) is 5. The van der Waals surface area contributed by atoms with Crippen molar-refractivity contribution in [1.82, 2.24) is 19.4 Å². The summed E-state index contributed by atoms with van der Waals surface area (Å²) in [6.07, 6.45) is 10.2. The molecule has 1 aliphatic heterocycles. The average Bonchev–Trinajstić information content (AvgIpc) is 3.23. The topological polar surface area (TPSA) is 89.3 Å². The molecule has 0 radical (unpaired) electrons. The number of aryl methyl sites for hydroxylation is 2. The Balaban J connectivity index is 1.04. The third-order valence-corrected chi connectivity index (χ3v) is 8.60. The molecule has 206 valence electrons. The maximum atomic E-state index is 13.3. The van der Waals surface area contributed by atoms with Gasteiger partial charge in [-0.3, -0.25) is 4.79 Å². The van der Waals surface area contributed by atoms with E-state index in [-0.39, 0.29) is 17.9 Å². The summed E-state index contributed by atoms with van der Waals surface area (Å²) < 4.78 is 7.34. The molecule has 1 aliphatic carbocycles. The molecule has 2 aromatic carbocycles. The molecule has 40 heavy (non-hydrogen) atoms. The van der Waals surface area contributed by atoms with E-state index >= 15 is 0 Å². The number of carbonyl (C=O) groups excluding carboxylic acids is 2. The number of aromatic nitrogens is 3. The Morgan fingerprint density at radius 2 is 1.90 bits per heavy atom. The number of urea groups is 1. The van der Waals surface area contributed by atoms with Gasteiger partial charge in [0.15, 0.2) is 0 Å². The summed E-state index contributed by atoms with van der Waals surface area (Å²) in [6, 6.07) is 15.9. The Morgan fingerprint density at radius 1 is 1.07 bits per heavy atom. The van der Waals surface area contributed by atoms with Gasteiger partial charge in [0.05, 0.1) is 7.11 Å². The average molecular weight is 538 g/mol. The Bertz CT molecular complexity index is 1550. The molecule has 6 rings (SSSR count). The first kappa shape index (κ1) is 26.0. The summed E-state index contributed by atoms with van der Waals surface area (Å²) in [6.45, 7) is 0.718. The largest absolute Gasteiger partial charge is 0.497 e. The zero-order valence-corrected chi connectivity index (χ0v) is 23.1. The van der Waals surface area contributed by atoms with Crippen molar-refractivity contribution in [3.63, 3.8) is 0 Å². The summed E-state index contributed by atoms with van der Waals surface area (Å²) in [5.74, 6) is 1.33. The molecule has 1 N–H and O–H groups in total. The van der Waals surface area contributed by atoms with Crippen LogP contribution in [0.3, 0.4) is 0 Å². The van der Waals surface area contributed by atoms with Crippen molar-refractivity contribution in [2.24, 2.45) is 13.0 Å². The predicted molar refractivity (Wildman–Crippen MR) is 155 cm³/mol. The fourth-order valence-corrected chi connectivity index (χ4v) is 6.32. The van der Waals surface area contributed by atoms with E-state index in [4.69, 9.17) is 4.74 Å². The summed E-state index contributed by atoms with van der Waals surface area (Å²) in [5.41, 5.74) is 5.04. The van der Waals surface area contributed by atoms with Crippen molar-refractivity contribution in [2.45, 2.75) is 51.0 Å². The van der Waals surface area contributed by atoms with E-state index in [1.54, 1.807) is 7.11 Å². The Kier molecular flexibility index (Phi) is 7.24. The van der Waals surface area contributed by atoms with Gasteiger partial charge in [0.2, 0.25) is 5.78 Å².